The molecular weight excluding hydrogens is 1470 g/mol. The van der Waals surface area contributed by atoms with Crippen LogP contribution in [0.15, 0.2) is 90.7 Å². The third kappa shape index (κ3) is 7.60. The highest BCUT2D eigenvalue weighted by Gasteiger charge is 2.58. The zero-order valence-corrected chi connectivity index (χ0v) is 44.2. The van der Waals surface area contributed by atoms with Crippen molar-refractivity contribution in [1.29, 1.82) is 0 Å². The topological polar surface area (TPSA) is 33.7 Å². The Morgan fingerprint density at radius 2 is 1.19 bits per heavy atom. The van der Waals surface area contributed by atoms with Crippen molar-refractivity contribution in [2.45, 2.75) is 20.0 Å². The number of nitrogens with zero attached hydrogens (tertiary/aromatic N) is 4. The molecule has 0 saturated heterocycles. The van der Waals surface area contributed by atoms with Crippen LogP contribution in [0.3, 0.4) is 0 Å². The lowest BCUT2D eigenvalue weighted by Gasteiger charge is -2.34. The first-order valence-electron chi connectivity index (χ1n) is 17.0. The molecule has 0 radical (unpaired) electrons. The standard InChI is InChI=1S/C40H22BF5I6N4S2/c1-19-27(36-30(47)32(49)38(51)57-36)25(9-3-21-11-15-53-16-12-21)55-34(19)29(23-5-7-24(8-6-23)40(42,43)44)35-20(2)28(37-31(48)33(50)39(52)58-37)26(56(35)41(55,45)46)10-4-22-13-17-54-18-14-22/h3-18H,1-2H3/b9-3+,10-4+. The summed E-state index contributed by atoms with van der Waals surface area (Å²) in [6.45, 7) is -0.974. The maximum Gasteiger partial charge on any atom is 0.737 e. The van der Waals surface area contributed by atoms with Crippen LogP contribution in [-0.4, -0.2) is 31.6 Å². The number of pyridine rings is 2. The third-order valence-corrected chi connectivity index (χ3v) is 24.1. The van der Waals surface area contributed by atoms with Crippen LogP contribution in [0.1, 0.15) is 51.0 Å². The fourth-order valence-corrected chi connectivity index (χ4v) is 15.7. The molecular formula is C40H22BF5I6N4S2. The van der Waals surface area contributed by atoms with Crippen molar-refractivity contribution in [2.75, 3.05) is 0 Å². The molecule has 0 fully saturated rings. The molecule has 18 heteroatoms. The number of thiophene rings is 2. The van der Waals surface area contributed by atoms with Gasteiger partial charge in [-0.3, -0.25) is 9.97 Å². The van der Waals surface area contributed by atoms with E-state index in [1.54, 1.807) is 73.4 Å². The average molecular weight is 1490 g/mol. The number of alkyl halides is 3. The second-order valence-electron chi connectivity index (χ2n) is 13.1. The van der Waals surface area contributed by atoms with Crippen molar-refractivity contribution in [3.63, 3.8) is 0 Å². The Labute approximate surface area is 420 Å². The molecule has 58 heavy (non-hydrogen) atoms. The van der Waals surface area contributed by atoms with Crippen molar-refractivity contribution in [2.24, 2.45) is 0 Å². The second-order valence-corrected chi connectivity index (χ2v) is 23.1. The summed E-state index contributed by atoms with van der Waals surface area (Å²) in [4.78, 5) is 9.95. The van der Waals surface area contributed by atoms with Gasteiger partial charge in [-0.2, -0.15) is 13.2 Å². The fraction of sp³-hybridized carbons (Fsp3) is 0.0750. The average Bonchev–Trinajstić information content (AvgIpc) is 3.84. The predicted molar refractivity (Wildman–Crippen MR) is 278 cm³/mol. The summed E-state index contributed by atoms with van der Waals surface area (Å²) in [5, 5.41) is 0. The van der Waals surface area contributed by atoms with Crippen LogP contribution < -0.4 is 0 Å². The predicted octanol–water partition coefficient (Wildman–Crippen LogP) is 14.8. The molecule has 2 aliphatic rings. The molecule has 2 aliphatic heterocycles. The number of hydrogen-bond acceptors (Lipinski definition) is 4. The Morgan fingerprint density at radius 1 is 0.672 bits per heavy atom. The van der Waals surface area contributed by atoms with E-state index in [0.717, 1.165) is 62.0 Å². The molecule has 0 N–H and O–H groups in total. The lowest BCUT2D eigenvalue weighted by atomic mass is 9.83. The Morgan fingerprint density at radius 3 is 1.69 bits per heavy atom. The summed E-state index contributed by atoms with van der Waals surface area (Å²) in [6, 6.07) is 12.1. The number of rotatable bonds is 7. The number of halogens is 11. The van der Waals surface area contributed by atoms with Gasteiger partial charge < -0.3 is 17.6 Å². The first-order chi connectivity index (χ1) is 27.5. The van der Waals surface area contributed by atoms with Gasteiger partial charge in [-0.15, -0.1) is 22.7 Å². The van der Waals surface area contributed by atoms with E-state index in [0.29, 0.717) is 44.8 Å². The van der Waals surface area contributed by atoms with Gasteiger partial charge in [0.2, 0.25) is 0 Å². The van der Waals surface area contributed by atoms with Crippen LogP contribution in [0.2, 0.25) is 0 Å². The summed E-state index contributed by atoms with van der Waals surface area (Å²) >= 11 is 16.8. The van der Waals surface area contributed by atoms with Crippen molar-refractivity contribution < 1.29 is 26.3 Å². The number of allylic oxidation sites excluding steroid dienone is 3. The quantitative estimate of drug-likeness (QED) is 0.0907. The minimum atomic E-state index is -4.67. The molecule has 7 heterocycles. The molecule has 0 atom stereocenters. The molecule has 6 aromatic rings. The number of benzene rings is 1. The van der Waals surface area contributed by atoms with Gasteiger partial charge in [-0.1, -0.05) is 18.2 Å². The normalized spacial score (nSPS) is 15.5. The van der Waals surface area contributed by atoms with Crippen LogP contribution >= 0.6 is 158 Å². The zero-order valence-electron chi connectivity index (χ0n) is 29.6. The summed E-state index contributed by atoms with van der Waals surface area (Å²) in [5.74, 6) is 0. The minimum absolute atomic E-state index is 0.262. The van der Waals surface area contributed by atoms with Crippen LogP contribution in [0, 0.1) is 27.0 Å². The van der Waals surface area contributed by atoms with E-state index in [2.05, 4.69) is 146 Å². The molecule has 0 unspecified atom stereocenters. The van der Waals surface area contributed by atoms with Gasteiger partial charge in [0.1, 0.15) is 0 Å². The number of hydrogen-bond donors (Lipinski definition) is 0. The SMILES string of the molecule is CC1=C(c2sc(I)c(I)c2I)C(/C=C/c2ccncc2)=[N+]2C1=C(c1ccc(C(F)(F)F)cc1)c1c(C)c(-c3sc(I)c(I)c3I)c(/C=C/c3ccncc3)n1[B-]2(F)F. The first-order valence-corrected chi connectivity index (χ1v) is 25.1. The summed E-state index contributed by atoms with van der Waals surface area (Å²) in [6.07, 6.45) is 9.08. The van der Waals surface area contributed by atoms with E-state index in [9.17, 15) is 13.2 Å². The van der Waals surface area contributed by atoms with Crippen LogP contribution in [-0.2, 0) is 6.18 Å². The molecule has 5 aromatic heterocycles. The zero-order chi connectivity index (χ0) is 41.4. The molecule has 4 nitrogen and oxygen atoms in total. The van der Waals surface area contributed by atoms with Crippen molar-refractivity contribution in [1.82, 2.24) is 14.4 Å². The van der Waals surface area contributed by atoms with Gasteiger partial charge in [0.25, 0.3) is 0 Å². The van der Waals surface area contributed by atoms with E-state index in [4.69, 9.17) is 0 Å². The highest BCUT2D eigenvalue weighted by molar-refractivity contribution is 14.1. The van der Waals surface area contributed by atoms with Crippen LogP contribution in [0.5, 0.6) is 0 Å². The monoisotopic (exact) mass is 1490 g/mol. The molecule has 0 amide bonds. The van der Waals surface area contributed by atoms with Crippen molar-refractivity contribution >= 4 is 200 Å². The number of aromatic nitrogens is 3. The third-order valence-electron chi connectivity index (χ3n) is 9.82. The lowest BCUT2D eigenvalue weighted by Crippen LogP contribution is -2.51. The van der Waals surface area contributed by atoms with Gasteiger partial charge in [0.05, 0.1) is 39.4 Å². The van der Waals surface area contributed by atoms with Gasteiger partial charge in [0.15, 0.2) is 11.4 Å². The highest BCUT2D eigenvalue weighted by Crippen LogP contribution is 2.53. The maximum absolute atomic E-state index is 18.6. The first kappa shape index (κ1) is 43.6. The summed E-state index contributed by atoms with van der Waals surface area (Å²) in [5.41, 5.74) is 5.17. The molecule has 0 bridgehead atoms. The molecule has 1 aromatic carbocycles. The van der Waals surface area contributed by atoms with Gasteiger partial charge >= 0.3 is 13.1 Å². The second kappa shape index (κ2) is 16.9. The van der Waals surface area contributed by atoms with E-state index in [-0.39, 0.29) is 11.4 Å². The van der Waals surface area contributed by atoms with Crippen molar-refractivity contribution in [3.8, 4) is 10.4 Å². The summed E-state index contributed by atoms with van der Waals surface area (Å²) in [7, 11) is 0. The Bertz CT molecular complexity index is 2820. The Kier molecular flexibility index (Phi) is 12.7. The van der Waals surface area contributed by atoms with E-state index in [1.807, 2.05) is 13.8 Å². The largest absolute Gasteiger partial charge is 0.737 e. The maximum atomic E-state index is 18.6. The molecule has 8 rings (SSSR count). The lowest BCUT2D eigenvalue weighted by molar-refractivity contribution is -0.361. The van der Waals surface area contributed by atoms with E-state index in [1.165, 1.54) is 34.8 Å². The summed E-state index contributed by atoms with van der Waals surface area (Å²) < 4.78 is 87.5. The van der Waals surface area contributed by atoms with Crippen LogP contribution in [0.25, 0.3) is 39.8 Å². The molecule has 0 spiro atoms. The van der Waals surface area contributed by atoms with Crippen LogP contribution in [0.4, 0.5) is 21.8 Å². The molecule has 294 valence electrons. The Hall–Kier alpha value is -1.08. The minimum Gasteiger partial charge on any atom is -0.389 e. The van der Waals surface area contributed by atoms with Gasteiger partial charge in [-0.05, 0) is 220 Å². The van der Waals surface area contributed by atoms with E-state index >= 15 is 8.63 Å². The highest BCUT2D eigenvalue weighted by atomic mass is 127. The molecule has 0 saturated carbocycles. The number of fused-ring (bicyclic) bond motifs is 2. The fourth-order valence-electron chi connectivity index (χ4n) is 7.30. The van der Waals surface area contributed by atoms with Gasteiger partial charge in [0, 0.05) is 60.5 Å². The Balaban J connectivity index is 1.55. The van der Waals surface area contributed by atoms with Gasteiger partial charge in [-0.25, -0.2) is 0 Å². The molecule has 0 aliphatic carbocycles. The van der Waals surface area contributed by atoms with E-state index < -0.39 is 18.7 Å². The smallest absolute Gasteiger partial charge is 0.389 e. The van der Waals surface area contributed by atoms with Crippen molar-refractivity contribution in [3.05, 3.63) is 155 Å².